The molecule has 0 fully saturated rings. The number of benzene rings is 1. The molecule has 0 spiro atoms. The van der Waals surface area contributed by atoms with Gasteiger partial charge in [0.25, 0.3) is 5.69 Å². The fourth-order valence-electron chi connectivity index (χ4n) is 2.57. The van der Waals surface area contributed by atoms with Crippen molar-refractivity contribution < 1.29 is 28.8 Å². The number of Topliss-reactive ketones (excluding diaryl/α,β-unsaturated/α-hetero) is 1. The van der Waals surface area contributed by atoms with E-state index in [-0.39, 0.29) is 29.1 Å². The lowest BCUT2D eigenvalue weighted by Gasteiger charge is -2.05. The van der Waals surface area contributed by atoms with E-state index < -0.39 is 29.3 Å². The normalized spacial score (nSPS) is 10.3. The van der Waals surface area contributed by atoms with E-state index in [0.717, 1.165) is 6.07 Å². The number of carbonyl (C=O) groups excluding carboxylic acids is 3. The molecule has 2 rings (SSSR count). The second kappa shape index (κ2) is 8.26. The van der Waals surface area contributed by atoms with Crippen molar-refractivity contribution in [2.24, 2.45) is 0 Å². The first-order valence-electron chi connectivity index (χ1n) is 8.07. The number of H-pyrrole nitrogens is 1. The predicted octanol–water partition coefficient (Wildman–Crippen LogP) is 2.76. The Balaban J connectivity index is 2.11. The summed E-state index contributed by atoms with van der Waals surface area (Å²) < 4.78 is 9.90. The number of carbonyl (C=O) groups is 3. The van der Waals surface area contributed by atoms with E-state index in [4.69, 9.17) is 9.47 Å². The van der Waals surface area contributed by atoms with Gasteiger partial charge < -0.3 is 14.5 Å². The molecule has 0 aliphatic carbocycles. The number of nitro groups is 1. The molecule has 9 nitrogen and oxygen atoms in total. The molecule has 0 aliphatic heterocycles. The second-order valence-electron chi connectivity index (χ2n) is 5.65. The van der Waals surface area contributed by atoms with E-state index in [1.54, 1.807) is 20.8 Å². The van der Waals surface area contributed by atoms with Crippen molar-refractivity contribution in [3.05, 3.63) is 62.5 Å². The van der Waals surface area contributed by atoms with Crippen LogP contribution >= 0.6 is 0 Å². The minimum Gasteiger partial charge on any atom is -0.462 e. The van der Waals surface area contributed by atoms with Gasteiger partial charge in [-0.3, -0.25) is 14.9 Å². The molecule has 1 aromatic heterocycles. The lowest BCUT2D eigenvalue weighted by Crippen LogP contribution is -2.16. The molecule has 142 valence electrons. The van der Waals surface area contributed by atoms with Crippen LogP contribution in [0, 0.1) is 24.0 Å². The molecule has 9 heteroatoms. The maximum absolute atomic E-state index is 12.4. The molecule has 27 heavy (non-hydrogen) atoms. The standard InChI is InChI=1S/C18H18N2O7/c1-4-26-18(23)15-10(2)16(19-11(15)3)14(21)9-27-17(22)12-6-5-7-13(8-12)20(24)25/h5-8,19H,4,9H2,1-3H3. The monoisotopic (exact) mass is 374 g/mol. The van der Waals surface area contributed by atoms with Crippen molar-refractivity contribution >= 4 is 23.4 Å². The van der Waals surface area contributed by atoms with Crippen molar-refractivity contribution in [3.8, 4) is 0 Å². The molecule has 0 saturated heterocycles. The summed E-state index contributed by atoms with van der Waals surface area (Å²) in [5.41, 5.74) is 0.989. The van der Waals surface area contributed by atoms with Gasteiger partial charge in [0, 0.05) is 17.8 Å². The zero-order chi connectivity index (χ0) is 20.1. The van der Waals surface area contributed by atoms with Gasteiger partial charge in [-0.05, 0) is 32.4 Å². The van der Waals surface area contributed by atoms with Crippen molar-refractivity contribution in [1.29, 1.82) is 0 Å². The molecule has 0 aliphatic rings. The van der Waals surface area contributed by atoms with Crippen molar-refractivity contribution in [3.63, 3.8) is 0 Å². The first kappa shape index (κ1) is 19.8. The second-order valence-corrected chi connectivity index (χ2v) is 5.65. The quantitative estimate of drug-likeness (QED) is 0.341. The Morgan fingerprint density at radius 3 is 2.48 bits per heavy atom. The highest BCUT2D eigenvalue weighted by atomic mass is 16.6. The number of hydrogen-bond acceptors (Lipinski definition) is 7. The van der Waals surface area contributed by atoms with E-state index in [1.807, 2.05) is 0 Å². The van der Waals surface area contributed by atoms with Crippen LogP contribution in [0.15, 0.2) is 24.3 Å². The van der Waals surface area contributed by atoms with Gasteiger partial charge in [-0.2, -0.15) is 0 Å². The van der Waals surface area contributed by atoms with Gasteiger partial charge in [0.2, 0.25) is 5.78 Å². The largest absolute Gasteiger partial charge is 0.462 e. The number of aryl methyl sites for hydroxylation is 1. The van der Waals surface area contributed by atoms with Crippen LogP contribution in [-0.4, -0.2) is 40.8 Å². The zero-order valence-electron chi connectivity index (χ0n) is 15.0. The molecule has 0 saturated carbocycles. The Bertz CT molecular complexity index is 914. The number of rotatable bonds is 7. The smallest absolute Gasteiger partial charge is 0.340 e. The van der Waals surface area contributed by atoms with E-state index >= 15 is 0 Å². The molecular weight excluding hydrogens is 356 g/mol. The number of aromatic amines is 1. The van der Waals surface area contributed by atoms with Crippen molar-refractivity contribution in [1.82, 2.24) is 4.98 Å². The Kier molecular flexibility index (Phi) is 6.07. The van der Waals surface area contributed by atoms with Gasteiger partial charge in [-0.1, -0.05) is 6.07 Å². The topological polar surface area (TPSA) is 129 Å². The number of hydrogen-bond donors (Lipinski definition) is 1. The summed E-state index contributed by atoms with van der Waals surface area (Å²) in [7, 11) is 0. The summed E-state index contributed by atoms with van der Waals surface area (Å²) in [5, 5.41) is 10.8. The average Bonchev–Trinajstić information content (AvgIpc) is 2.94. The predicted molar refractivity (Wildman–Crippen MR) is 93.9 cm³/mol. The number of ketones is 1. The van der Waals surface area contributed by atoms with Crippen LogP contribution in [0.1, 0.15) is 49.4 Å². The summed E-state index contributed by atoms with van der Waals surface area (Å²) in [6, 6.07) is 5.00. The van der Waals surface area contributed by atoms with E-state index in [9.17, 15) is 24.5 Å². The number of nitrogens with zero attached hydrogens (tertiary/aromatic N) is 1. The lowest BCUT2D eigenvalue weighted by atomic mass is 10.1. The fraction of sp³-hybridized carbons (Fsp3) is 0.278. The zero-order valence-corrected chi connectivity index (χ0v) is 15.0. The van der Waals surface area contributed by atoms with E-state index in [1.165, 1.54) is 18.2 Å². The number of ether oxygens (including phenoxy) is 2. The van der Waals surface area contributed by atoms with Crippen LogP contribution < -0.4 is 0 Å². The van der Waals surface area contributed by atoms with E-state index in [2.05, 4.69) is 4.98 Å². The molecule has 0 radical (unpaired) electrons. The molecule has 0 unspecified atom stereocenters. The third-order valence-corrected chi connectivity index (χ3v) is 3.82. The van der Waals surface area contributed by atoms with Gasteiger partial charge in [-0.15, -0.1) is 0 Å². The van der Waals surface area contributed by atoms with Crippen LogP contribution in [-0.2, 0) is 9.47 Å². The van der Waals surface area contributed by atoms with E-state index in [0.29, 0.717) is 11.3 Å². The van der Waals surface area contributed by atoms with Gasteiger partial charge >= 0.3 is 11.9 Å². The molecule has 0 amide bonds. The van der Waals surface area contributed by atoms with Crippen LogP contribution in [0.3, 0.4) is 0 Å². The van der Waals surface area contributed by atoms with Crippen LogP contribution in [0.4, 0.5) is 5.69 Å². The van der Waals surface area contributed by atoms with Crippen molar-refractivity contribution in [2.45, 2.75) is 20.8 Å². The lowest BCUT2D eigenvalue weighted by molar-refractivity contribution is -0.384. The maximum atomic E-state index is 12.4. The number of non-ortho nitro benzene ring substituents is 1. The Labute approximate surface area is 154 Å². The minimum atomic E-state index is -0.862. The molecule has 0 atom stereocenters. The Morgan fingerprint density at radius 2 is 1.85 bits per heavy atom. The number of aromatic nitrogens is 1. The first-order valence-corrected chi connectivity index (χ1v) is 8.07. The minimum absolute atomic E-state index is 0.0383. The molecule has 1 aromatic carbocycles. The first-order chi connectivity index (χ1) is 12.8. The third-order valence-electron chi connectivity index (χ3n) is 3.82. The van der Waals surface area contributed by atoms with Crippen LogP contribution in [0.25, 0.3) is 0 Å². The number of nitrogens with one attached hydrogen (secondary N) is 1. The highest BCUT2D eigenvalue weighted by Crippen LogP contribution is 2.20. The fourth-order valence-corrected chi connectivity index (χ4v) is 2.57. The summed E-state index contributed by atoms with van der Waals surface area (Å²) in [5.74, 6) is -1.94. The Morgan fingerprint density at radius 1 is 1.15 bits per heavy atom. The van der Waals surface area contributed by atoms with Gasteiger partial charge in [0.05, 0.1) is 28.4 Å². The molecular formula is C18H18N2O7. The third kappa shape index (κ3) is 4.38. The van der Waals surface area contributed by atoms with Gasteiger partial charge in [-0.25, -0.2) is 9.59 Å². The van der Waals surface area contributed by atoms with Crippen molar-refractivity contribution in [2.75, 3.05) is 13.2 Å². The molecule has 1 heterocycles. The maximum Gasteiger partial charge on any atom is 0.340 e. The Hall–Kier alpha value is -3.49. The number of nitro benzene ring substituents is 1. The summed E-state index contributed by atoms with van der Waals surface area (Å²) in [6.45, 7) is 4.52. The molecule has 2 aromatic rings. The molecule has 0 bridgehead atoms. The molecule has 1 N–H and O–H groups in total. The SMILES string of the molecule is CCOC(=O)c1c(C)[nH]c(C(=O)COC(=O)c2cccc([N+](=O)[O-])c2)c1C. The summed E-state index contributed by atoms with van der Waals surface area (Å²) >= 11 is 0. The van der Waals surface area contributed by atoms with Gasteiger partial charge in [0.15, 0.2) is 6.61 Å². The highest BCUT2D eigenvalue weighted by Gasteiger charge is 2.23. The highest BCUT2D eigenvalue weighted by molar-refractivity contribution is 6.03. The summed E-state index contributed by atoms with van der Waals surface area (Å²) in [4.78, 5) is 49.3. The average molecular weight is 374 g/mol. The van der Waals surface area contributed by atoms with Gasteiger partial charge in [0.1, 0.15) is 0 Å². The summed E-state index contributed by atoms with van der Waals surface area (Å²) in [6.07, 6.45) is 0. The number of esters is 2. The van der Waals surface area contributed by atoms with Crippen LogP contribution in [0.2, 0.25) is 0 Å². The van der Waals surface area contributed by atoms with Crippen LogP contribution in [0.5, 0.6) is 0 Å².